The fraction of sp³-hybridized carbons (Fsp3) is 0.206. The maximum atomic E-state index is 13.8. The first kappa shape index (κ1) is 30.3. The molecule has 5 aromatic rings. The largest absolute Gasteiger partial charge is 0.484 e. The zero-order valence-corrected chi connectivity index (χ0v) is 26.6. The van der Waals surface area contributed by atoms with Gasteiger partial charge in [-0.25, -0.2) is 5.01 Å². The number of aromatic nitrogens is 3. The number of nitrogens with one attached hydrogen (secondary N) is 1. The van der Waals surface area contributed by atoms with Crippen molar-refractivity contribution in [2.24, 2.45) is 5.10 Å². The van der Waals surface area contributed by atoms with Crippen molar-refractivity contribution in [3.63, 3.8) is 0 Å². The lowest BCUT2D eigenvalue weighted by Gasteiger charge is -2.22. The highest BCUT2D eigenvalue weighted by Gasteiger charge is 2.33. The molecule has 11 heteroatoms. The molecule has 1 aliphatic heterocycles. The highest BCUT2D eigenvalue weighted by atomic mass is 32.2. The van der Waals surface area contributed by atoms with Crippen LogP contribution in [0.15, 0.2) is 107 Å². The monoisotopic (exact) mass is 636 g/mol. The molecule has 2 amide bonds. The number of carbonyl (C=O) groups is 2. The lowest BCUT2D eigenvalue weighted by Crippen LogP contribution is -2.29. The molecule has 228 valence electrons. The topological polar surface area (TPSA) is 102 Å². The van der Waals surface area contributed by atoms with Crippen LogP contribution in [0, 0.1) is 13.8 Å². The molecule has 1 atom stereocenters. The summed E-state index contributed by atoms with van der Waals surface area (Å²) in [7, 11) is 0. The van der Waals surface area contributed by atoms with Gasteiger partial charge in [0.2, 0.25) is 0 Å². The van der Waals surface area contributed by atoms with E-state index in [0.717, 1.165) is 33.0 Å². The van der Waals surface area contributed by atoms with Crippen molar-refractivity contribution in [2.45, 2.75) is 38.0 Å². The highest BCUT2D eigenvalue weighted by Crippen LogP contribution is 2.35. The van der Waals surface area contributed by atoms with E-state index >= 15 is 0 Å². The zero-order chi connectivity index (χ0) is 31.2. The molecular weight excluding hydrogens is 605 g/mol. The van der Waals surface area contributed by atoms with E-state index in [9.17, 15) is 9.59 Å². The molecule has 0 saturated heterocycles. The van der Waals surface area contributed by atoms with Gasteiger partial charge < -0.3 is 10.1 Å². The number of rotatable bonds is 11. The van der Waals surface area contributed by atoms with Crippen LogP contribution < -0.4 is 10.1 Å². The maximum Gasteiger partial charge on any atom is 0.258 e. The Bertz CT molecular complexity index is 1800. The van der Waals surface area contributed by atoms with E-state index in [2.05, 4.69) is 39.8 Å². The molecule has 3 heterocycles. The molecule has 0 saturated carbocycles. The molecule has 2 aromatic heterocycles. The van der Waals surface area contributed by atoms with Crippen LogP contribution in [-0.2, 0) is 16.1 Å². The van der Waals surface area contributed by atoms with E-state index in [1.807, 2.05) is 78.4 Å². The lowest BCUT2D eigenvalue weighted by molar-refractivity contribution is -0.130. The van der Waals surface area contributed by atoms with Gasteiger partial charge in [-0.2, -0.15) is 5.10 Å². The summed E-state index contributed by atoms with van der Waals surface area (Å²) in [5.41, 5.74) is 5.03. The molecular formula is C34H32N6O3S2. The van der Waals surface area contributed by atoms with E-state index in [1.54, 1.807) is 28.5 Å². The third-order valence-corrected chi connectivity index (χ3v) is 9.11. The predicted octanol–water partition coefficient (Wildman–Crippen LogP) is 6.11. The number of nitrogens with zero attached hydrogens (tertiary/aromatic N) is 5. The van der Waals surface area contributed by atoms with Crippen molar-refractivity contribution in [3.8, 4) is 11.4 Å². The Morgan fingerprint density at radius 2 is 1.78 bits per heavy atom. The van der Waals surface area contributed by atoms with Crippen molar-refractivity contribution in [1.29, 1.82) is 0 Å². The molecule has 0 aliphatic carbocycles. The van der Waals surface area contributed by atoms with Gasteiger partial charge in [0.25, 0.3) is 11.8 Å². The van der Waals surface area contributed by atoms with Crippen molar-refractivity contribution in [2.75, 3.05) is 12.4 Å². The third kappa shape index (κ3) is 7.33. The lowest BCUT2D eigenvalue weighted by atomic mass is 10.00. The van der Waals surface area contributed by atoms with Gasteiger partial charge in [-0.3, -0.25) is 14.2 Å². The predicted molar refractivity (Wildman–Crippen MR) is 177 cm³/mol. The number of hydrazone groups is 1. The number of carbonyl (C=O) groups excluding carboxylic acids is 2. The van der Waals surface area contributed by atoms with Gasteiger partial charge in [0.1, 0.15) is 5.75 Å². The van der Waals surface area contributed by atoms with Crippen LogP contribution in [0.3, 0.4) is 0 Å². The van der Waals surface area contributed by atoms with Crippen molar-refractivity contribution in [1.82, 2.24) is 25.1 Å². The molecule has 0 bridgehead atoms. The van der Waals surface area contributed by atoms with Crippen LogP contribution in [0.2, 0.25) is 0 Å². The van der Waals surface area contributed by atoms with Crippen LogP contribution in [0.25, 0.3) is 5.69 Å². The Balaban J connectivity index is 1.19. The molecule has 1 aliphatic rings. The van der Waals surface area contributed by atoms with Gasteiger partial charge in [0.05, 0.1) is 28.9 Å². The summed E-state index contributed by atoms with van der Waals surface area (Å²) < 4.78 is 7.45. The quantitative estimate of drug-likeness (QED) is 0.176. The first-order chi connectivity index (χ1) is 21.9. The van der Waals surface area contributed by atoms with Crippen molar-refractivity contribution >= 4 is 40.6 Å². The second-order valence-electron chi connectivity index (χ2n) is 10.6. The van der Waals surface area contributed by atoms with Gasteiger partial charge in [0, 0.05) is 12.1 Å². The molecule has 6 rings (SSSR count). The summed E-state index contributed by atoms with van der Waals surface area (Å²) in [6.07, 6.45) is 0.650. The van der Waals surface area contributed by atoms with Crippen LogP contribution in [0.4, 0.5) is 0 Å². The Labute approximate surface area is 270 Å². The number of thiophene rings is 1. The van der Waals surface area contributed by atoms with E-state index in [-0.39, 0.29) is 36.8 Å². The summed E-state index contributed by atoms with van der Waals surface area (Å²) in [6, 6.07) is 29.2. The number of ether oxygens (including phenoxy) is 1. The van der Waals surface area contributed by atoms with Crippen LogP contribution in [0.1, 0.15) is 39.9 Å². The maximum absolute atomic E-state index is 13.8. The molecule has 1 unspecified atom stereocenters. The van der Waals surface area contributed by atoms with Gasteiger partial charge in [0.15, 0.2) is 17.6 Å². The van der Waals surface area contributed by atoms with Gasteiger partial charge >= 0.3 is 0 Å². The van der Waals surface area contributed by atoms with Crippen molar-refractivity contribution < 1.29 is 14.3 Å². The van der Waals surface area contributed by atoms with Crippen molar-refractivity contribution in [3.05, 3.63) is 124 Å². The molecule has 0 fully saturated rings. The number of hydrogen-bond donors (Lipinski definition) is 1. The first-order valence-electron chi connectivity index (χ1n) is 14.5. The summed E-state index contributed by atoms with van der Waals surface area (Å²) >= 11 is 2.92. The van der Waals surface area contributed by atoms with E-state index < -0.39 is 0 Å². The molecule has 1 N–H and O–H groups in total. The Morgan fingerprint density at radius 1 is 0.956 bits per heavy atom. The number of para-hydroxylation sites is 1. The Hall–Kier alpha value is -4.74. The second-order valence-corrected chi connectivity index (χ2v) is 12.5. The highest BCUT2D eigenvalue weighted by molar-refractivity contribution is 7.99. The van der Waals surface area contributed by atoms with Gasteiger partial charge in [-0.05, 0) is 60.7 Å². The fourth-order valence-electron chi connectivity index (χ4n) is 5.00. The molecule has 3 aromatic carbocycles. The third-order valence-electron chi connectivity index (χ3n) is 7.28. The standard InChI is InChI=1S/C34H32N6O3S2/c1-23-13-15-25(16-14-23)29-19-28(30-12-7-17-44-30)38-40(29)33(42)22-45-34-37-36-31(39(34)26-9-6-8-24(2)18-26)20-35-32(41)21-43-27-10-4-3-5-11-27/h3-18,29H,19-22H2,1-2H3,(H,35,41). The van der Waals surface area contributed by atoms with Crippen LogP contribution >= 0.6 is 23.1 Å². The first-order valence-corrected chi connectivity index (χ1v) is 16.4. The fourth-order valence-corrected chi connectivity index (χ4v) is 6.55. The number of hydrogen-bond acceptors (Lipinski definition) is 8. The Morgan fingerprint density at radius 3 is 2.53 bits per heavy atom. The van der Waals surface area contributed by atoms with E-state index in [0.29, 0.717) is 23.2 Å². The Kier molecular flexibility index (Phi) is 9.37. The summed E-state index contributed by atoms with van der Waals surface area (Å²) in [4.78, 5) is 27.4. The minimum absolute atomic E-state index is 0.116. The normalized spacial score (nSPS) is 14.3. The molecule has 9 nitrogen and oxygen atoms in total. The molecule has 0 radical (unpaired) electrons. The average molecular weight is 637 g/mol. The van der Waals surface area contributed by atoms with Gasteiger partial charge in [-0.15, -0.1) is 21.5 Å². The SMILES string of the molecule is Cc1ccc(C2CC(c3cccs3)=NN2C(=O)CSc2nnc(CNC(=O)COc3ccccc3)n2-c2cccc(C)c2)cc1. The summed E-state index contributed by atoms with van der Waals surface area (Å²) in [5.74, 6) is 0.875. The van der Waals surface area contributed by atoms with Crippen LogP contribution in [-0.4, -0.2) is 49.7 Å². The minimum Gasteiger partial charge on any atom is -0.484 e. The second kappa shape index (κ2) is 13.9. The number of amides is 2. The molecule has 45 heavy (non-hydrogen) atoms. The molecule has 0 spiro atoms. The number of aryl methyl sites for hydroxylation is 2. The minimum atomic E-state index is -0.280. The van der Waals surface area contributed by atoms with Crippen LogP contribution in [0.5, 0.6) is 5.75 Å². The average Bonchev–Trinajstić information content (AvgIpc) is 3.83. The zero-order valence-electron chi connectivity index (χ0n) is 24.9. The smallest absolute Gasteiger partial charge is 0.258 e. The summed E-state index contributed by atoms with van der Waals surface area (Å²) in [5, 5.41) is 20.7. The van der Waals surface area contributed by atoms with E-state index in [1.165, 1.54) is 11.8 Å². The summed E-state index contributed by atoms with van der Waals surface area (Å²) in [6.45, 7) is 4.08. The number of benzene rings is 3. The van der Waals surface area contributed by atoms with Gasteiger partial charge in [-0.1, -0.05) is 78.0 Å². The van der Waals surface area contributed by atoms with E-state index in [4.69, 9.17) is 9.84 Å². The number of thioether (sulfide) groups is 1.